The summed E-state index contributed by atoms with van der Waals surface area (Å²) < 4.78 is 85.3. The van der Waals surface area contributed by atoms with E-state index < -0.39 is 261 Å². The minimum atomic E-state index is -2.23. The van der Waals surface area contributed by atoms with Gasteiger partial charge in [-0.3, -0.25) is 0 Å². The lowest BCUT2D eigenvalue weighted by atomic mass is 9.97. The first-order chi connectivity index (χ1) is 46.9. The van der Waals surface area contributed by atoms with Gasteiger partial charge in [0, 0.05) is 0 Å². The largest absolute Gasteiger partial charge is 0.394 e. The van der Waals surface area contributed by atoms with Crippen molar-refractivity contribution in [2.45, 2.75) is 222 Å². The van der Waals surface area contributed by atoms with Gasteiger partial charge in [0.1, 0.15) is 110 Å². The van der Waals surface area contributed by atoms with Crippen LogP contribution in [-0.4, -0.2) is 377 Å². The third-order valence-corrected chi connectivity index (χ3v) is 16.2. The molecule has 8 aliphatic heterocycles. The summed E-state index contributed by atoms with van der Waals surface area (Å²) in [5.74, 6) is 0. The molecule has 8 heterocycles. The summed E-state index contributed by atoms with van der Waals surface area (Å²) in [5, 5.41) is 245. The van der Waals surface area contributed by atoms with Gasteiger partial charge in [-0.2, -0.15) is 39.1 Å². The van der Waals surface area contributed by atoms with Crippen LogP contribution in [0.25, 0.3) is 0 Å². The van der Waals surface area contributed by atoms with Crippen molar-refractivity contribution in [2.75, 3.05) is 52.9 Å². The van der Waals surface area contributed by atoms with Crippen molar-refractivity contribution in [2.24, 2.45) is 0 Å². The van der Waals surface area contributed by atoms with Gasteiger partial charge in [-0.25, -0.2) is 52.2 Å². The predicted octanol–water partition coefficient (Wildman–Crippen LogP) is -10.9. The molecule has 568 valence electrons. The van der Waals surface area contributed by atoms with E-state index in [-0.39, 0.29) is 13.0 Å². The minimum Gasteiger partial charge on any atom is -0.394 e. The monoisotopic (exact) mass is 1450 g/mol. The molecule has 0 aromatic heterocycles. The first-order valence-electron chi connectivity index (χ1n) is 28.5. The molecule has 21 N–H and O–H groups in total. The van der Waals surface area contributed by atoms with Crippen LogP contribution < -0.4 is 0 Å². The molecular weight excluding hydrogens is 1380 g/mol. The molecule has 8 rings (SSSR count). The number of hydrogen-bond acceptors (Lipinski definition) is 53. The van der Waals surface area contributed by atoms with Gasteiger partial charge >= 0.3 is 0 Å². The number of aliphatic hydroxyl groups excluding tert-OH is 12. The van der Waals surface area contributed by atoms with Gasteiger partial charge in [-0.15, -0.1) is 0 Å². The molecule has 97 heavy (non-hydrogen) atoms. The molecule has 8 saturated heterocycles. The number of ether oxygens (including phenoxy) is 15. The molecule has 0 aliphatic carbocycles. The van der Waals surface area contributed by atoms with Crippen molar-refractivity contribution in [1.82, 2.24) is 0 Å². The van der Waals surface area contributed by atoms with E-state index in [2.05, 4.69) is 55.0 Å². The Bertz CT molecular complexity index is 2200. The summed E-state index contributed by atoms with van der Waals surface area (Å²) in [5.41, 5.74) is 0. The van der Waals surface area contributed by atoms with Gasteiger partial charge in [0.05, 0.1) is 59.0 Å². The lowest BCUT2D eigenvalue weighted by molar-refractivity contribution is -0.549. The highest BCUT2D eigenvalue weighted by atomic mass is 17.5. The second-order valence-corrected chi connectivity index (χ2v) is 21.7. The van der Waals surface area contributed by atoms with Gasteiger partial charge in [0.25, 0.3) is 0 Å². The normalized spacial score (nSPS) is 46.3. The zero-order valence-electron chi connectivity index (χ0n) is 49.0. The smallest absolute Gasteiger partial charge is 0.223 e. The van der Waals surface area contributed by atoms with Crippen LogP contribution in [0.3, 0.4) is 0 Å². The van der Waals surface area contributed by atoms with E-state index in [0.717, 1.165) is 0 Å². The molecule has 0 saturated carbocycles. The van der Waals surface area contributed by atoms with Gasteiger partial charge in [-0.05, 0) is 6.42 Å². The zero-order valence-corrected chi connectivity index (χ0v) is 49.0. The van der Waals surface area contributed by atoms with Gasteiger partial charge in [-0.1, -0.05) is 40.3 Å². The summed E-state index contributed by atoms with van der Waals surface area (Å²) in [6, 6.07) is 0. The molecule has 0 bridgehead atoms. The van der Waals surface area contributed by atoms with Gasteiger partial charge in [0.15, 0.2) is 92.9 Å². The van der Waals surface area contributed by atoms with Crippen molar-refractivity contribution >= 4 is 0 Å². The Labute approximate surface area is 537 Å². The molecule has 35 atom stereocenters. The molecule has 8 fully saturated rings. The highest BCUT2D eigenvalue weighted by Crippen LogP contribution is 2.39. The molecule has 53 heteroatoms. The van der Waals surface area contributed by atoms with Crippen molar-refractivity contribution in [3.05, 3.63) is 0 Å². The summed E-state index contributed by atoms with van der Waals surface area (Å²) in [4.78, 5) is 41.8. The van der Waals surface area contributed by atoms with E-state index in [1.54, 1.807) is 0 Å². The number of rotatable bonds is 35. The predicted molar refractivity (Wildman–Crippen MR) is 261 cm³/mol. The maximum atomic E-state index is 11.7. The molecule has 0 spiro atoms. The Kier molecular flexibility index (Phi) is 32.5. The second kappa shape index (κ2) is 39.1. The highest BCUT2D eigenvalue weighted by molar-refractivity contribution is 5.00. The van der Waals surface area contributed by atoms with Crippen LogP contribution in [0.2, 0.25) is 0 Å². The molecular formula is C44H74O53. The quantitative estimate of drug-likeness (QED) is 0.0207. The fourth-order valence-corrected chi connectivity index (χ4v) is 11.5. The van der Waals surface area contributed by atoms with Gasteiger partial charge < -0.3 is 132 Å². The summed E-state index contributed by atoms with van der Waals surface area (Å²) >= 11 is 0. The second-order valence-electron chi connectivity index (χ2n) is 21.7. The maximum Gasteiger partial charge on any atom is 0.223 e. The van der Waals surface area contributed by atoms with Gasteiger partial charge in [0.2, 0.25) is 6.29 Å². The van der Waals surface area contributed by atoms with Crippen LogP contribution >= 0.6 is 0 Å². The van der Waals surface area contributed by atoms with E-state index in [1.807, 2.05) is 0 Å². The Balaban J connectivity index is 0.888. The Morgan fingerprint density at radius 3 is 0.753 bits per heavy atom. The Morgan fingerprint density at radius 2 is 0.495 bits per heavy atom. The van der Waals surface area contributed by atoms with E-state index in [1.165, 1.54) is 0 Å². The van der Waals surface area contributed by atoms with Crippen LogP contribution in [0.1, 0.15) is 6.42 Å². The first kappa shape index (κ1) is 80.6. The topological polar surface area (TPSA) is 720 Å². The minimum absolute atomic E-state index is 0.0210. The lowest BCUT2D eigenvalue weighted by Crippen LogP contribution is -2.67. The van der Waals surface area contributed by atoms with E-state index in [0.29, 0.717) is 0 Å². The molecule has 0 amide bonds. The first-order valence-corrected chi connectivity index (χ1v) is 28.5. The average molecular weight is 1450 g/mol. The van der Waals surface area contributed by atoms with Crippen molar-refractivity contribution in [3.63, 3.8) is 0 Å². The molecule has 8 aliphatic rings. The average Bonchev–Trinajstić information content (AvgIpc) is 0.795. The highest BCUT2D eigenvalue weighted by Gasteiger charge is 2.60. The third-order valence-electron chi connectivity index (χ3n) is 16.2. The van der Waals surface area contributed by atoms with Crippen LogP contribution in [-0.2, 0) is 155 Å². The van der Waals surface area contributed by atoms with Crippen LogP contribution in [0.4, 0.5) is 0 Å². The Hall–Kier alpha value is -2.12. The standard InChI is InChI=1S/C44H74O53/c45-3-11-26(77-37-25(82-90-58)10(49)1-2-66-37)21(53)33(86-94-62)41(70-11)74-15-7-67-38(30(18(15)50)83-91-59)78-27-12(4-46)71-42(34(22(27)54)87-95-63)75-16-8-68-39(31(19(16)51)84-92-60)79-28-13(5-47)72-43(35(23(28)55)88-96-64)76-17-9-69-40(32(20(17)52)85-93-61)80-29-14(6-48)73-44(81-57)36(24(29)56)89-97-65/h10-65H,1-9H2/t10-,11?,12?,13?,14?,15-,16-,17-,18-,19-,20-,21+,22+,23+,24+,25?,26-,27-,28-,29-,30?,31?,32?,33?,34?,35?,36?,37-,38-,39-,40-,41-,42-,43-,44-/m1/s1. The molecule has 12 unspecified atom stereocenters. The van der Waals surface area contributed by atoms with Crippen LogP contribution in [0.5, 0.6) is 0 Å². The van der Waals surface area contributed by atoms with E-state index in [4.69, 9.17) is 111 Å². The number of hydrogen-bond donors (Lipinski definition) is 21. The van der Waals surface area contributed by atoms with E-state index >= 15 is 0 Å². The molecule has 0 aromatic carbocycles. The van der Waals surface area contributed by atoms with Crippen LogP contribution in [0, 0.1) is 0 Å². The summed E-state index contributed by atoms with van der Waals surface area (Å²) in [6.07, 6.45) is -67.2. The molecule has 0 aromatic rings. The van der Waals surface area contributed by atoms with Crippen molar-refractivity contribution < 1.29 is 264 Å². The SMILES string of the molecule is OCC1O[C@H](O[C@@H]2CO[C@H](O[C@@H]3C(CO)O[C@H](O[C@@H]4CO[C@H](O[C@@H]5C(CO)O[C@H](O[C@@H]6CO[C@H](O[C@@H]7C(CO)O[C@H](OO)C(OOO)[C@H]7O)C(OOO)[C@@H]6O)C(OOO)[C@H]5O)C(OOO)[C@@H]4O)C(OOO)[C@H]3O)C(OOO)[C@@H]2O)C(OOO)[C@@H](O)[C@@H]1O[C@H]1OCC[C@@H](O)C1OOO. The third kappa shape index (κ3) is 18.9. The zero-order chi connectivity index (χ0) is 70.2. The van der Waals surface area contributed by atoms with Crippen LogP contribution in [0.15, 0.2) is 0 Å². The molecule has 53 nitrogen and oxygen atoms in total. The van der Waals surface area contributed by atoms with Crippen molar-refractivity contribution in [1.29, 1.82) is 0 Å². The Morgan fingerprint density at radius 1 is 0.258 bits per heavy atom. The van der Waals surface area contributed by atoms with Crippen molar-refractivity contribution in [3.8, 4) is 0 Å². The fourth-order valence-electron chi connectivity index (χ4n) is 11.5. The fraction of sp³-hybridized carbons (Fsp3) is 1.00. The lowest BCUT2D eigenvalue weighted by Gasteiger charge is -2.48. The summed E-state index contributed by atoms with van der Waals surface area (Å²) in [6.45, 7) is -6.72. The maximum absolute atomic E-state index is 11.7. The molecule has 0 radical (unpaired) electrons. The van der Waals surface area contributed by atoms with E-state index in [9.17, 15) is 98.1 Å². The summed E-state index contributed by atoms with van der Waals surface area (Å²) in [7, 11) is 0. The number of aliphatic hydroxyl groups is 12.